The zero-order chi connectivity index (χ0) is 24.8. The number of nitrogens with one attached hydrogen (secondary N) is 2. The van der Waals surface area contributed by atoms with Crippen LogP contribution in [0, 0.1) is 12.3 Å². The number of hydrogen-bond acceptors (Lipinski definition) is 8. The zero-order valence-corrected chi connectivity index (χ0v) is 22.4. The third kappa shape index (κ3) is 4.44. The third-order valence-corrected chi connectivity index (χ3v) is 11.8. The van der Waals surface area contributed by atoms with Crippen molar-refractivity contribution in [3.05, 3.63) is 44.9 Å². The monoisotopic (exact) mass is 549 g/mol. The molecule has 0 spiro atoms. The molecule has 1 fully saturated rings. The number of hydrogen-bond donors (Lipinski definition) is 2. The van der Waals surface area contributed by atoms with Crippen LogP contribution in [0.4, 0.5) is 0 Å². The highest BCUT2D eigenvalue weighted by Gasteiger charge is 2.55. The molecule has 0 saturated carbocycles. The summed E-state index contributed by atoms with van der Waals surface area (Å²) in [6.45, 7) is 3.33. The number of rotatable bonds is 5. The Morgan fingerprint density at radius 2 is 2.14 bits per heavy atom. The maximum atomic E-state index is 14.3. The van der Waals surface area contributed by atoms with Crippen molar-refractivity contribution in [3.63, 3.8) is 0 Å². The first-order chi connectivity index (χ1) is 16.7. The molecule has 184 valence electrons. The van der Waals surface area contributed by atoms with Crippen LogP contribution in [-0.4, -0.2) is 54.9 Å². The molecule has 0 bridgehead atoms. The second-order valence-corrected chi connectivity index (χ2v) is 14.0. The van der Waals surface area contributed by atoms with E-state index in [0.717, 1.165) is 38.4 Å². The van der Waals surface area contributed by atoms with Crippen molar-refractivity contribution in [2.45, 2.75) is 49.0 Å². The summed E-state index contributed by atoms with van der Waals surface area (Å²) in [4.78, 5) is 19.8. The molecule has 7 nitrogen and oxygen atoms in total. The Bertz CT molecular complexity index is 1440. The first-order valence-corrected chi connectivity index (χ1v) is 14.9. The second kappa shape index (κ2) is 9.56. The van der Waals surface area contributed by atoms with Crippen molar-refractivity contribution < 1.29 is 17.1 Å². The number of thiophene rings is 1. The lowest BCUT2D eigenvalue weighted by Crippen LogP contribution is -2.67. The van der Waals surface area contributed by atoms with Gasteiger partial charge in [-0.1, -0.05) is 17.7 Å². The quantitative estimate of drug-likeness (QED) is 0.372. The fourth-order valence-electron chi connectivity index (χ4n) is 4.78. The van der Waals surface area contributed by atoms with E-state index in [1.165, 1.54) is 11.3 Å². The number of benzene rings is 1. The number of thiazole rings is 1. The summed E-state index contributed by atoms with van der Waals surface area (Å²) >= 11 is 8.59. The SMILES string of the molecule is C#CCCC1C[N+](C(=O)c2nc3c(s2)CNC(C)C3)(S(=O)(=O)c2cc3ccc(Cl)cc3s2)CCN1. The summed E-state index contributed by atoms with van der Waals surface area (Å²) in [5.41, 5.74) is 0.885. The van der Waals surface area contributed by atoms with Crippen LogP contribution in [0.25, 0.3) is 10.1 Å². The Labute approximate surface area is 218 Å². The molecule has 2 aliphatic heterocycles. The number of quaternary nitrogens is 1. The summed E-state index contributed by atoms with van der Waals surface area (Å²) in [6, 6.07) is 7.00. The van der Waals surface area contributed by atoms with Gasteiger partial charge in [-0.05, 0) is 36.9 Å². The maximum absolute atomic E-state index is 14.3. The molecule has 3 unspecified atom stereocenters. The van der Waals surface area contributed by atoms with Crippen LogP contribution < -0.4 is 10.6 Å². The van der Waals surface area contributed by atoms with E-state index in [4.69, 9.17) is 18.0 Å². The lowest BCUT2D eigenvalue weighted by atomic mass is 10.1. The van der Waals surface area contributed by atoms with E-state index in [0.29, 0.717) is 31.0 Å². The van der Waals surface area contributed by atoms with Gasteiger partial charge < -0.3 is 10.6 Å². The van der Waals surface area contributed by atoms with Crippen LogP contribution >= 0.6 is 34.3 Å². The number of piperazine rings is 1. The average Bonchev–Trinajstić information content (AvgIpc) is 3.46. The van der Waals surface area contributed by atoms with Crippen LogP contribution in [-0.2, 0) is 23.0 Å². The van der Waals surface area contributed by atoms with E-state index in [-0.39, 0.29) is 34.4 Å². The maximum Gasteiger partial charge on any atom is 0.390 e. The van der Waals surface area contributed by atoms with E-state index >= 15 is 0 Å². The van der Waals surface area contributed by atoms with E-state index < -0.39 is 19.8 Å². The van der Waals surface area contributed by atoms with Crippen LogP contribution in [0.15, 0.2) is 28.5 Å². The van der Waals surface area contributed by atoms with Gasteiger partial charge in [-0.15, -0.1) is 38.9 Å². The van der Waals surface area contributed by atoms with E-state index in [9.17, 15) is 13.2 Å². The molecule has 4 heterocycles. The lowest BCUT2D eigenvalue weighted by Gasteiger charge is -2.39. The molecule has 3 atom stereocenters. The number of fused-ring (bicyclic) bond motifs is 2. The molecule has 2 aliphatic rings. The summed E-state index contributed by atoms with van der Waals surface area (Å²) in [5.74, 6) is 2.17. The minimum Gasteiger partial charge on any atom is -0.309 e. The molecule has 35 heavy (non-hydrogen) atoms. The highest BCUT2D eigenvalue weighted by atomic mass is 35.5. The van der Waals surface area contributed by atoms with Gasteiger partial charge in [0.25, 0.3) is 0 Å². The van der Waals surface area contributed by atoms with Gasteiger partial charge in [0.1, 0.15) is 13.1 Å². The molecule has 2 aromatic heterocycles. The number of sulfonamides is 1. The van der Waals surface area contributed by atoms with Gasteiger partial charge in [-0.3, -0.25) is 0 Å². The number of carbonyl (C=O) groups is 1. The number of carbonyl (C=O) groups excluding carboxylic acids is 1. The molecule has 11 heteroatoms. The zero-order valence-electron chi connectivity index (χ0n) is 19.2. The molecular formula is C24H26ClN4O3S3+. The van der Waals surface area contributed by atoms with Gasteiger partial charge in [0.2, 0.25) is 5.01 Å². The normalized spacial score (nSPS) is 24.7. The van der Waals surface area contributed by atoms with Gasteiger partial charge in [0, 0.05) is 46.6 Å². The van der Waals surface area contributed by atoms with Gasteiger partial charge in [0.15, 0.2) is 4.21 Å². The number of aromatic nitrogens is 1. The lowest BCUT2D eigenvalue weighted by molar-refractivity contribution is -0.727. The number of nitrogens with zero attached hydrogens (tertiary/aromatic N) is 2. The first kappa shape index (κ1) is 24.8. The van der Waals surface area contributed by atoms with Crippen LogP contribution in [0.3, 0.4) is 0 Å². The molecular weight excluding hydrogens is 524 g/mol. The predicted octanol–water partition coefficient (Wildman–Crippen LogP) is 3.78. The van der Waals surface area contributed by atoms with Gasteiger partial charge in [-0.2, -0.15) is 8.42 Å². The summed E-state index contributed by atoms with van der Waals surface area (Å²) in [6.07, 6.45) is 7.29. The fraction of sp³-hybridized carbons (Fsp3) is 0.417. The molecule has 2 N–H and O–H groups in total. The van der Waals surface area contributed by atoms with E-state index in [2.05, 4.69) is 28.5 Å². The van der Waals surface area contributed by atoms with Gasteiger partial charge in [0.05, 0.1) is 11.7 Å². The predicted molar refractivity (Wildman–Crippen MR) is 140 cm³/mol. The van der Waals surface area contributed by atoms with Crippen molar-refractivity contribution in [2.75, 3.05) is 19.6 Å². The Kier molecular flexibility index (Phi) is 6.78. The van der Waals surface area contributed by atoms with Gasteiger partial charge in [-0.25, -0.2) is 9.78 Å². The van der Waals surface area contributed by atoms with Crippen molar-refractivity contribution in [1.82, 2.24) is 15.6 Å². The van der Waals surface area contributed by atoms with Crippen LogP contribution in [0.2, 0.25) is 5.02 Å². The van der Waals surface area contributed by atoms with Crippen LogP contribution in [0.5, 0.6) is 0 Å². The molecule has 0 radical (unpaired) electrons. The smallest absolute Gasteiger partial charge is 0.309 e. The minimum absolute atomic E-state index is 0.108. The molecule has 5 rings (SSSR count). The standard InChI is InChI=1S/C24H26ClN4O3S3/c1-3-4-5-18-14-29(9-8-26-18,24(30)23-28-19-10-15(2)27-13-21(19)34-23)35(31,32)22-11-16-6-7-17(25)12-20(16)33-22/h1,6-7,11-12,15,18,26-27H,4-5,8-10,13-14H2,2H3/q+1. The number of terminal acetylenes is 1. The van der Waals surface area contributed by atoms with Crippen molar-refractivity contribution in [3.8, 4) is 12.3 Å². The molecule has 1 saturated heterocycles. The molecule has 1 aromatic carbocycles. The molecule has 1 amide bonds. The van der Waals surface area contributed by atoms with E-state index in [1.54, 1.807) is 24.3 Å². The average molecular weight is 550 g/mol. The molecule has 0 aliphatic carbocycles. The topological polar surface area (TPSA) is 88.2 Å². The third-order valence-electron chi connectivity index (χ3n) is 6.67. The van der Waals surface area contributed by atoms with E-state index in [1.807, 2.05) is 0 Å². The number of halogens is 1. The Morgan fingerprint density at radius 1 is 1.31 bits per heavy atom. The van der Waals surface area contributed by atoms with Gasteiger partial charge >= 0.3 is 15.9 Å². The summed E-state index contributed by atoms with van der Waals surface area (Å²) in [7, 11) is -4.09. The van der Waals surface area contributed by atoms with Crippen molar-refractivity contribution in [1.29, 1.82) is 0 Å². The Balaban J connectivity index is 1.61. The number of amides is 1. The van der Waals surface area contributed by atoms with Crippen molar-refractivity contribution >= 4 is 60.3 Å². The largest absolute Gasteiger partial charge is 0.390 e. The minimum atomic E-state index is -4.09. The molecule has 3 aromatic rings. The first-order valence-electron chi connectivity index (χ1n) is 11.5. The fourth-order valence-corrected chi connectivity index (χ4v) is 9.71. The second-order valence-electron chi connectivity index (χ2n) is 9.09. The van der Waals surface area contributed by atoms with Crippen LogP contribution in [0.1, 0.15) is 40.1 Å². The van der Waals surface area contributed by atoms with Crippen molar-refractivity contribution in [2.24, 2.45) is 0 Å². The Morgan fingerprint density at radius 3 is 2.94 bits per heavy atom. The highest BCUT2D eigenvalue weighted by molar-refractivity contribution is 7.88. The Hall–Kier alpha value is -1.84. The highest BCUT2D eigenvalue weighted by Crippen LogP contribution is 2.38. The summed E-state index contributed by atoms with van der Waals surface area (Å²) in [5, 5.41) is 8.32. The summed E-state index contributed by atoms with van der Waals surface area (Å²) < 4.78 is 28.9.